The van der Waals surface area contributed by atoms with E-state index in [1.54, 1.807) is 0 Å². The molecule has 0 radical (unpaired) electrons. The maximum atomic E-state index is 13.8. The van der Waals surface area contributed by atoms with E-state index in [9.17, 15) is 9.59 Å². The van der Waals surface area contributed by atoms with Crippen molar-refractivity contribution in [2.45, 2.75) is 95.7 Å². The minimum absolute atomic E-state index is 0.0408. The number of carbonyl (C=O) groups excluding carboxylic acids is 2. The van der Waals surface area contributed by atoms with Gasteiger partial charge in [0.15, 0.2) is 11.6 Å². The lowest BCUT2D eigenvalue weighted by Gasteiger charge is -2.38. The van der Waals surface area contributed by atoms with E-state index in [0.717, 1.165) is 70.4 Å². The van der Waals surface area contributed by atoms with Crippen molar-refractivity contribution < 1.29 is 14.3 Å². The number of hydrogen-bond donors (Lipinski definition) is 1. The summed E-state index contributed by atoms with van der Waals surface area (Å²) >= 11 is 0. The lowest BCUT2D eigenvalue weighted by molar-refractivity contribution is -0.143. The van der Waals surface area contributed by atoms with Crippen LogP contribution in [0.4, 0.5) is 5.82 Å². The van der Waals surface area contributed by atoms with Gasteiger partial charge in [-0.05, 0) is 92.4 Å². The number of nitrogens with zero attached hydrogens (tertiary/aromatic N) is 5. The molecule has 3 atom stereocenters. The molecule has 5 rings (SSSR count). The van der Waals surface area contributed by atoms with Crippen molar-refractivity contribution in [3.05, 3.63) is 17.5 Å². The Kier molecular flexibility index (Phi) is 8.29. The van der Waals surface area contributed by atoms with Gasteiger partial charge in [-0.3, -0.25) is 14.5 Å². The largest absolute Gasteiger partial charge is 0.473 e. The maximum Gasteiger partial charge on any atom is 0.219 e. The van der Waals surface area contributed by atoms with E-state index in [1.165, 1.54) is 0 Å². The van der Waals surface area contributed by atoms with E-state index in [2.05, 4.69) is 42.8 Å². The Balaban J connectivity index is 1.48. The molecule has 4 fully saturated rings. The van der Waals surface area contributed by atoms with Crippen LogP contribution in [0.5, 0.6) is 5.88 Å². The van der Waals surface area contributed by atoms with Crippen LogP contribution in [0.3, 0.4) is 0 Å². The standard InChI is InChI=1S/C30H46N6O3/c1-20(23-10-8-16-35(23)4)39-26-19-25(36-17-12-21(13-18-36)34(2)3)32-29(33-26)27(31)22-9-7-15-30(28(22)38)14-6-5-11-24(30)37/h19-21,23H,5-18,31H2,1-4H3/t20-,23-,30+/m0/s1. The molecule has 2 saturated carbocycles. The van der Waals surface area contributed by atoms with Crippen LogP contribution in [0.15, 0.2) is 11.6 Å². The number of likely N-dealkylation sites (tertiary alicyclic amines) is 1. The molecule has 1 aromatic rings. The normalized spacial score (nSPS) is 29.4. The van der Waals surface area contributed by atoms with Crippen LogP contribution in [-0.2, 0) is 9.59 Å². The molecule has 3 heterocycles. The van der Waals surface area contributed by atoms with Crippen molar-refractivity contribution in [1.29, 1.82) is 0 Å². The Hall–Kier alpha value is -2.52. The van der Waals surface area contributed by atoms with Gasteiger partial charge in [-0.2, -0.15) is 4.98 Å². The highest BCUT2D eigenvalue weighted by Crippen LogP contribution is 2.45. The SMILES string of the molecule is C[C@H](Oc1cc(N2CCC(N(C)C)CC2)nc(C(N)=C2CCC[C@@]3(CCCCC3=O)C2=O)n1)[C@@H]1CCCN1C. The third kappa shape index (κ3) is 5.57. The number of likely N-dealkylation sites (N-methyl/N-ethyl adjacent to an activating group) is 1. The Labute approximate surface area is 233 Å². The molecule has 2 aliphatic carbocycles. The van der Waals surface area contributed by atoms with Crippen molar-refractivity contribution in [2.75, 3.05) is 45.7 Å². The number of piperidine rings is 1. The Morgan fingerprint density at radius 1 is 1.05 bits per heavy atom. The van der Waals surface area contributed by atoms with Crippen LogP contribution in [-0.4, -0.2) is 90.3 Å². The van der Waals surface area contributed by atoms with Crippen LogP contribution in [0.2, 0.25) is 0 Å². The van der Waals surface area contributed by atoms with Gasteiger partial charge >= 0.3 is 0 Å². The Morgan fingerprint density at radius 2 is 1.79 bits per heavy atom. The molecule has 0 amide bonds. The van der Waals surface area contributed by atoms with Gasteiger partial charge in [0.25, 0.3) is 0 Å². The van der Waals surface area contributed by atoms with E-state index in [-0.39, 0.29) is 17.7 Å². The quantitative estimate of drug-likeness (QED) is 0.431. The summed E-state index contributed by atoms with van der Waals surface area (Å²) in [5.74, 6) is 1.61. The number of ether oxygens (including phenoxy) is 1. The van der Waals surface area contributed by atoms with Crippen LogP contribution >= 0.6 is 0 Å². The predicted octanol–water partition coefficient (Wildman–Crippen LogP) is 3.42. The topological polar surface area (TPSA) is 105 Å². The number of nitrogens with two attached hydrogens (primary N) is 1. The van der Waals surface area contributed by atoms with E-state index in [4.69, 9.17) is 20.4 Å². The minimum atomic E-state index is -0.900. The molecule has 0 bridgehead atoms. The highest BCUT2D eigenvalue weighted by atomic mass is 16.5. The maximum absolute atomic E-state index is 13.8. The average Bonchev–Trinajstić information content (AvgIpc) is 3.37. The molecule has 0 unspecified atom stereocenters. The predicted molar refractivity (Wildman–Crippen MR) is 153 cm³/mol. The third-order valence-corrected chi connectivity index (χ3v) is 9.73. The molecule has 39 heavy (non-hydrogen) atoms. The zero-order valence-electron chi connectivity index (χ0n) is 24.2. The minimum Gasteiger partial charge on any atom is -0.473 e. The highest BCUT2D eigenvalue weighted by molar-refractivity contribution is 6.17. The van der Waals surface area contributed by atoms with Gasteiger partial charge < -0.3 is 20.3 Å². The molecule has 2 saturated heterocycles. The number of carbonyl (C=O) groups is 2. The molecule has 4 aliphatic rings. The molecular weight excluding hydrogens is 492 g/mol. The molecule has 1 spiro atoms. The second-order valence-electron chi connectivity index (χ2n) is 12.4. The van der Waals surface area contributed by atoms with E-state index < -0.39 is 5.41 Å². The summed E-state index contributed by atoms with van der Waals surface area (Å²) in [7, 11) is 6.41. The summed E-state index contributed by atoms with van der Waals surface area (Å²) in [6.07, 6.45) is 9.17. The Bertz CT molecular complexity index is 1110. The van der Waals surface area contributed by atoms with Gasteiger partial charge in [-0.25, -0.2) is 4.98 Å². The lowest BCUT2D eigenvalue weighted by Crippen LogP contribution is -2.45. The fraction of sp³-hybridized carbons (Fsp3) is 0.733. The van der Waals surface area contributed by atoms with Crippen LogP contribution < -0.4 is 15.4 Å². The second kappa shape index (κ2) is 11.5. The summed E-state index contributed by atoms with van der Waals surface area (Å²) in [6.45, 7) is 4.93. The fourth-order valence-corrected chi connectivity index (χ4v) is 7.24. The lowest BCUT2D eigenvalue weighted by atomic mass is 9.62. The monoisotopic (exact) mass is 538 g/mol. The van der Waals surface area contributed by atoms with Gasteiger partial charge in [0, 0.05) is 43.2 Å². The van der Waals surface area contributed by atoms with Crippen molar-refractivity contribution in [3.8, 4) is 5.88 Å². The zero-order chi connectivity index (χ0) is 27.7. The number of hydrogen-bond acceptors (Lipinski definition) is 9. The molecular formula is C30H46N6O3. The summed E-state index contributed by atoms with van der Waals surface area (Å²) in [5.41, 5.74) is 6.66. The molecule has 2 N–H and O–H groups in total. The fourth-order valence-electron chi connectivity index (χ4n) is 7.24. The van der Waals surface area contributed by atoms with E-state index in [1.807, 2.05) is 6.07 Å². The van der Waals surface area contributed by atoms with Gasteiger partial charge in [-0.1, -0.05) is 6.42 Å². The number of ketones is 2. The molecule has 214 valence electrons. The van der Waals surface area contributed by atoms with Crippen molar-refractivity contribution in [1.82, 2.24) is 19.8 Å². The average molecular weight is 539 g/mol. The molecule has 9 heteroatoms. The van der Waals surface area contributed by atoms with Crippen molar-refractivity contribution >= 4 is 23.1 Å². The number of rotatable bonds is 6. The zero-order valence-corrected chi connectivity index (χ0v) is 24.2. The van der Waals surface area contributed by atoms with Crippen molar-refractivity contribution in [3.63, 3.8) is 0 Å². The van der Waals surface area contributed by atoms with Gasteiger partial charge in [0.05, 0.1) is 11.1 Å². The van der Waals surface area contributed by atoms with Crippen molar-refractivity contribution in [2.24, 2.45) is 11.1 Å². The smallest absolute Gasteiger partial charge is 0.219 e. The second-order valence-corrected chi connectivity index (χ2v) is 12.4. The molecule has 2 aliphatic heterocycles. The van der Waals surface area contributed by atoms with Gasteiger partial charge in [0.2, 0.25) is 5.88 Å². The summed E-state index contributed by atoms with van der Waals surface area (Å²) in [5, 5.41) is 0. The number of aromatic nitrogens is 2. The number of Topliss-reactive ketones (excluding diaryl/α,β-unsaturated/α-hetero) is 2. The summed E-state index contributed by atoms with van der Waals surface area (Å²) in [4.78, 5) is 43.4. The number of allylic oxidation sites excluding steroid dienone is 1. The third-order valence-electron chi connectivity index (χ3n) is 9.73. The number of anilines is 1. The van der Waals surface area contributed by atoms with E-state index >= 15 is 0 Å². The molecule has 1 aromatic heterocycles. The summed E-state index contributed by atoms with van der Waals surface area (Å²) in [6, 6.07) is 2.81. The van der Waals surface area contributed by atoms with Crippen LogP contribution in [0, 0.1) is 5.41 Å². The first-order valence-corrected chi connectivity index (χ1v) is 14.9. The Morgan fingerprint density at radius 3 is 2.46 bits per heavy atom. The molecule has 0 aromatic carbocycles. The first-order valence-electron chi connectivity index (χ1n) is 14.9. The van der Waals surface area contributed by atoms with Gasteiger partial charge in [-0.15, -0.1) is 0 Å². The first kappa shape index (κ1) is 28.0. The first-order chi connectivity index (χ1) is 18.7. The van der Waals surface area contributed by atoms with Gasteiger partial charge in [0.1, 0.15) is 17.7 Å². The summed E-state index contributed by atoms with van der Waals surface area (Å²) < 4.78 is 6.45. The highest BCUT2D eigenvalue weighted by Gasteiger charge is 2.49. The molecule has 9 nitrogen and oxygen atoms in total. The van der Waals surface area contributed by atoms with Crippen LogP contribution in [0.1, 0.15) is 83.4 Å². The van der Waals surface area contributed by atoms with E-state index in [0.29, 0.717) is 60.7 Å². The van der Waals surface area contributed by atoms with Crippen LogP contribution in [0.25, 0.3) is 5.70 Å².